The minimum atomic E-state index is -3.56. The van der Waals surface area contributed by atoms with E-state index in [0.717, 1.165) is 5.56 Å². The second-order valence-corrected chi connectivity index (χ2v) is 6.04. The van der Waals surface area contributed by atoms with Crippen molar-refractivity contribution in [3.05, 3.63) is 29.8 Å². The van der Waals surface area contributed by atoms with Crippen molar-refractivity contribution in [2.45, 2.75) is 17.5 Å². The van der Waals surface area contributed by atoms with E-state index in [-0.39, 0.29) is 17.5 Å². The zero-order valence-corrected chi connectivity index (χ0v) is 12.9. The van der Waals surface area contributed by atoms with E-state index >= 15 is 0 Å². The van der Waals surface area contributed by atoms with Gasteiger partial charge < -0.3 is 14.8 Å². The molecule has 6 nitrogen and oxygen atoms in total. The standard InChI is InChI=1S/C13H22N2O4S/c1-14-8-11-6-4-5-7-13(11)20(16,17)15-9-12(19-3)10-18-2/h4-7,12,14-15H,8-10H2,1-3H3. The van der Waals surface area contributed by atoms with Gasteiger partial charge in [0.25, 0.3) is 0 Å². The van der Waals surface area contributed by atoms with E-state index in [4.69, 9.17) is 9.47 Å². The van der Waals surface area contributed by atoms with Crippen molar-refractivity contribution >= 4 is 10.0 Å². The second kappa shape index (κ2) is 8.33. The van der Waals surface area contributed by atoms with Crippen LogP contribution in [-0.4, -0.2) is 48.9 Å². The summed E-state index contributed by atoms with van der Waals surface area (Å²) in [6, 6.07) is 6.90. The van der Waals surface area contributed by atoms with Crippen molar-refractivity contribution in [1.82, 2.24) is 10.0 Å². The molecule has 0 amide bonds. The van der Waals surface area contributed by atoms with Crippen molar-refractivity contribution < 1.29 is 17.9 Å². The van der Waals surface area contributed by atoms with E-state index < -0.39 is 10.0 Å². The molecule has 2 N–H and O–H groups in total. The molecule has 0 aliphatic heterocycles. The van der Waals surface area contributed by atoms with E-state index in [0.29, 0.717) is 13.2 Å². The lowest BCUT2D eigenvalue weighted by molar-refractivity contribution is 0.0320. The van der Waals surface area contributed by atoms with Crippen LogP contribution in [0.5, 0.6) is 0 Å². The molecule has 20 heavy (non-hydrogen) atoms. The Bertz CT molecular complexity index is 505. The zero-order valence-electron chi connectivity index (χ0n) is 12.0. The number of nitrogens with one attached hydrogen (secondary N) is 2. The number of hydrogen-bond acceptors (Lipinski definition) is 5. The first-order valence-electron chi connectivity index (χ1n) is 6.29. The Morgan fingerprint density at radius 1 is 1.25 bits per heavy atom. The first-order chi connectivity index (χ1) is 9.55. The van der Waals surface area contributed by atoms with E-state index in [9.17, 15) is 8.42 Å². The second-order valence-electron chi connectivity index (χ2n) is 4.30. The van der Waals surface area contributed by atoms with Gasteiger partial charge in [-0.05, 0) is 18.7 Å². The summed E-state index contributed by atoms with van der Waals surface area (Å²) in [7, 11) is 1.28. The topological polar surface area (TPSA) is 76.7 Å². The summed E-state index contributed by atoms with van der Waals surface area (Å²) >= 11 is 0. The number of hydrogen-bond donors (Lipinski definition) is 2. The normalized spacial score (nSPS) is 13.3. The molecule has 1 atom stereocenters. The predicted octanol–water partition coefficient (Wildman–Crippen LogP) is 0.346. The monoisotopic (exact) mass is 302 g/mol. The van der Waals surface area contributed by atoms with E-state index in [1.54, 1.807) is 32.4 Å². The van der Waals surface area contributed by atoms with Gasteiger partial charge in [0.1, 0.15) is 0 Å². The smallest absolute Gasteiger partial charge is 0.240 e. The summed E-state index contributed by atoms with van der Waals surface area (Å²) in [6.07, 6.45) is -0.314. The Morgan fingerprint density at radius 3 is 2.55 bits per heavy atom. The van der Waals surface area contributed by atoms with Crippen molar-refractivity contribution in [2.24, 2.45) is 0 Å². The highest BCUT2D eigenvalue weighted by Crippen LogP contribution is 2.15. The quantitative estimate of drug-likeness (QED) is 0.688. The minimum absolute atomic E-state index is 0.167. The van der Waals surface area contributed by atoms with Gasteiger partial charge in [-0.1, -0.05) is 18.2 Å². The molecule has 0 saturated carbocycles. The van der Waals surface area contributed by atoms with Gasteiger partial charge in [-0.25, -0.2) is 13.1 Å². The molecule has 1 rings (SSSR count). The number of rotatable bonds is 9. The van der Waals surface area contributed by atoms with Crippen molar-refractivity contribution in [3.8, 4) is 0 Å². The highest BCUT2D eigenvalue weighted by atomic mass is 32.2. The van der Waals surface area contributed by atoms with Crippen LogP contribution in [0.4, 0.5) is 0 Å². The minimum Gasteiger partial charge on any atom is -0.382 e. The van der Waals surface area contributed by atoms with E-state index in [1.165, 1.54) is 7.11 Å². The number of ether oxygens (including phenoxy) is 2. The molecule has 0 fully saturated rings. The molecule has 1 unspecified atom stereocenters. The summed E-state index contributed by atoms with van der Waals surface area (Å²) in [6.45, 7) is 0.987. The maximum Gasteiger partial charge on any atom is 0.240 e. The van der Waals surface area contributed by atoms with Crippen molar-refractivity contribution in [2.75, 3.05) is 34.4 Å². The molecule has 114 valence electrons. The molecule has 1 aromatic carbocycles. The molecular formula is C13H22N2O4S. The molecule has 7 heteroatoms. The van der Waals surface area contributed by atoms with Gasteiger partial charge in [0, 0.05) is 27.3 Å². The fourth-order valence-electron chi connectivity index (χ4n) is 1.78. The van der Waals surface area contributed by atoms with Crippen molar-refractivity contribution in [3.63, 3.8) is 0 Å². The summed E-state index contributed by atoms with van der Waals surface area (Å²) in [5, 5.41) is 2.96. The van der Waals surface area contributed by atoms with Gasteiger partial charge in [-0.2, -0.15) is 0 Å². The van der Waals surface area contributed by atoms with Crippen molar-refractivity contribution in [1.29, 1.82) is 0 Å². The zero-order chi connectivity index (χ0) is 15.0. The molecule has 0 heterocycles. The summed E-state index contributed by atoms with van der Waals surface area (Å²) in [5.74, 6) is 0. The first-order valence-corrected chi connectivity index (χ1v) is 7.77. The first kappa shape index (κ1) is 17.1. The van der Waals surface area contributed by atoms with Gasteiger partial charge in [0.05, 0.1) is 17.6 Å². The molecule has 0 saturated heterocycles. The van der Waals surface area contributed by atoms with Crippen LogP contribution in [0.3, 0.4) is 0 Å². The van der Waals surface area contributed by atoms with Gasteiger partial charge in [-0.15, -0.1) is 0 Å². The lowest BCUT2D eigenvalue weighted by atomic mass is 10.2. The Kier molecular flexibility index (Phi) is 7.11. The Labute approximate surface area is 120 Å². The number of sulfonamides is 1. The highest BCUT2D eigenvalue weighted by molar-refractivity contribution is 7.89. The average molecular weight is 302 g/mol. The van der Waals surface area contributed by atoms with Gasteiger partial charge >= 0.3 is 0 Å². The number of benzene rings is 1. The van der Waals surface area contributed by atoms with Gasteiger partial charge in [-0.3, -0.25) is 0 Å². The van der Waals surface area contributed by atoms with E-state index in [1.807, 2.05) is 6.07 Å². The number of methoxy groups -OCH3 is 2. The Hall–Kier alpha value is -0.990. The predicted molar refractivity (Wildman–Crippen MR) is 77.1 cm³/mol. The SMILES string of the molecule is CNCc1ccccc1S(=O)(=O)NCC(COC)OC. The molecule has 0 spiro atoms. The summed E-state index contributed by atoms with van der Waals surface area (Å²) in [4.78, 5) is 0.279. The van der Waals surface area contributed by atoms with E-state index in [2.05, 4.69) is 10.0 Å². The summed E-state index contributed by atoms with van der Waals surface area (Å²) < 4.78 is 37.3. The van der Waals surface area contributed by atoms with Crippen LogP contribution in [0.2, 0.25) is 0 Å². The molecule has 0 aliphatic carbocycles. The average Bonchev–Trinajstić information content (AvgIpc) is 2.44. The summed E-state index contributed by atoms with van der Waals surface area (Å²) in [5.41, 5.74) is 0.725. The maximum atomic E-state index is 12.3. The fourth-order valence-corrected chi connectivity index (χ4v) is 3.08. The Balaban J connectivity index is 2.83. The maximum absolute atomic E-state index is 12.3. The van der Waals surface area contributed by atoms with Crippen LogP contribution in [0.15, 0.2) is 29.2 Å². The molecule has 0 bridgehead atoms. The van der Waals surface area contributed by atoms with Crippen LogP contribution in [0, 0.1) is 0 Å². The van der Waals surface area contributed by atoms with Crippen LogP contribution in [0.25, 0.3) is 0 Å². The molecular weight excluding hydrogens is 280 g/mol. The van der Waals surface area contributed by atoms with Crippen LogP contribution in [0.1, 0.15) is 5.56 Å². The fraction of sp³-hybridized carbons (Fsp3) is 0.538. The van der Waals surface area contributed by atoms with Gasteiger partial charge in [0.2, 0.25) is 10.0 Å². The molecule has 0 aliphatic rings. The van der Waals surface area contributed by atoms with Crippen LogP contribution in [-0.2, 0) is 26.0 Å². The molecule has 0 aromatic heterocycles. The largest absolute Gasteiger partial charge is 0.382 e. The Morgan fingerprint density at radius 2 is 1.95 bits per heavy atom. The third kappa shape index (κ3) is 4.84. The molecule has 0 radical (unpaired) electrons. The lowest BCUT2D eigenvalue weighted by Crippen LogP contribution is -2.36. The third-order valence-corrected chi connectivity index (χ3v) is 4.34. The van der Waals surface area contributed by atoms with Gasteiger partial charge in [0.15, 0.2) is 0 Å². The van der Waals surface area contributed by atoms with Crippen LogP contribution < -0.4 is 10.0 Å². The van der Waals surface area contributed by atoms with Crippen LogP contribution >= 0.6 is 0 Å². The molecule has 1 aromatic rings. The third-order valence-electron chi connectivity index (χ3n) is 2.82. The highest BCUT2D eigenvalue weighted by Gasteiger charge is 2.19. The lowest BCUT2D eigenvalue weighted by Gasteiger charge is -2.16.